The Morgan fingerprint density at radius 2 is 1.81 bits per heavy atom. The van der Waals surface area contributed by atoms with Gasteiger partial charge < -0.3 is 5.32 Å². The Labute approximate surface area is 126 Å². The minimum absolute atomic E-state index is 0.558. The van der Waals surface area contributed by atoms with Crippen molar-refractivity contribution in [3.05, 3.63) is 24.5 Å². The summed E-state index contributed by atoms with van der Waals surface area (Å²) in [6.45, 7) is 2.21. The Kier molecular flexibility index (Phi) is 4.42. The van der Waals surface area contributed by atoms with Gasteiger partial charge in [0, 0.05) is 31.5 Å². The molecule has 0 bridgehead atoms. The van der Waals surface area contributed by atoms with E-state index in [4.69, 9.17) is 0 Å². The maximum Gasteiger partial charge on any atom is 0.301 e. The Morgan fingerprint density at radius 3 is 2.43 bits per heavy atom. The lowest BCUT2D eigenvalue weighted by Gasteiger charge is -2.31. The van der Waals surface area contributed by atoms with Crippen LogP contribution in [0.1, 0.15) is 25.7 Å². The van der Waals surface area contributed by atoms with Crippen LogP contribution in [0.2, 0.25) is 0 Å². The third kappa shape index (κ3) is 4.15. The molecule has 0 spiro atoms. The van der Waals surface area contributed by atoms with Crippen LogP contribution in [0.15, 0.2) is 24.5 Å². The first-order chi connectivity index (χ1) is 10.1. The summed E-state index contributed by atoms with van der Waals surface area (Å²) in [7, 11) is -3.44. The summed E-state index contributed by atoms with van der Waals surface area (Å²) in [4.78, 5) is 3.88. The fraction of sp³-hybridized carbons (Fsp3) is 0.643. The SMILES string of the molecule is O=S(=O)(Nc1ccncc1)N1CCC(CNC2CC2)CC1. The average molecular weight is 310 g/mol. The van der Waals surface area contributed by atoms with Gasteiger partial charge in [-0.05, 0) is 50.3 Å². The van der Waals surface area contributed by atoms with E-state index in [0.717, 1.165) is 25.4 Å². The summed E-state index contributed by atoms with van der Waals surface area (Å²) in [5, 5.41) is 3.53. The van der Waals surface area contributed by atoms with E-state index in [9.17, 15) is 8.42 Å². The smallest absolute Gasteiger partial charge is 0.301 e. The lowest BCUT2D eigenvalue weighted by molar-refractivity contribution is 0.268. The minimum atomic E-state index is -3.44. The maximum atomic E-state index is 12.3. The number of anilines is 1. The first kappa shape index (κ1) is 14.7. The number of hydrogen-bond donors (Lipinski definition) is 2. The van der Waals surface area contributed by atoms with Gasteiger partial charge in [0.1, 0.15) is 0 Å². The predicted molar refractivity (Wildman–Crippen MR) is 82.1 cm³/mol. The standard InChI is InChI=1S/C14H22N4O2S/c19-21(20,17-14-3-7-15-8-4-14)18-9-5-12(6-10-18)11-16-13-1-2-13/h3-4,7-8,12-13,16H,1-2,5-6,9-11H2,(H,15,17). The number of nitrogens with one attached hydrogen (secondary N) is 2. The van der Waals surface area contributed by atoms with Crippen LogP contribution in [0.25, 0.3) is 0 Å². The Morgan fingerprint density at radius 1 is 1.14 bits per heavy atom. The number of rotatable bonds is 6. The Bertz CT molecular complexity index is 552. The molecule has 2 fully saturated rings. The number of hydrogen-bond acceptors (Lipinski definition) is 4. The summed E-state index contributed by atoms with van der Waals surface area (Å²) in [5.74, 6) is 0.595. The van der Waals surface area contributed by atoms with Crippen molar-refractivity contribution in [2.45, 2.75) is 31.7 Å². The molecule has 0 atom stereocenters. The monoisotopic (exact) mass is 310 g/mol. The topological polar surface area (TPSA) is 74.3 Å². The van der Waals surface area contributed by atoms with E-state index in [1.807, 2.05) is 0 Å². The largest absolute Gasteiger partial charge is 0.314 e. The molecule has 1 aliphatic heterocycles. The molecule has 1 saturated heterocycles. The number of pyridine rings is 1. The van der Waals surface area contributed by atoms with Gasteiger partial charge in [0.05, 0.1) is 5.69 Å². The molecule has 0 aromatic carbocycles. The molecule has 0 amide bonds. The van der Waals surface area contributed by atoms with E-state index in [1.54, 1.807) is 28.8 Å². The van der Waals surface area contributed by atoms with Crippen molar-refractivity contribution >= 4 is 15.9 Å². The van der Waals surface area contributed by atoms with Gasteiger partial charge in [-0.3, -0.25) is 9.71 Å². The van der Waals surface area contributed by atoms with Crippen LogP contribution < -0.4 is 10.0 Å². The minimum Gasteiger partial charge on any atom is -0.314 e. The molecule has 0 unspecified atom stereocenters. The van der Waals surface area contributed by atoms with Crippen molar-refractivity contribution in [3.8, 4) is 0 Å². The first-order valence-electron chi connectivity index (χ1n) is 7.55. The van der Waals surface area contributed by atoms with Crippen molar-refractivity contribution < 1.29 is 8.42 Å². The predicted octanol–water partition coefficient (Wildman–Crippen LogP) is 1.20. The fourth-order valence-electron chi connectivity index (χ4n) is 2.61. The van der Waals surface area contributed by atoms with Crippen LogP contribution >= 0.6 is 0 Å². The van der Waals surface area contributed by atoms with Crippen molar-refractivity contribution in [2.24, 2.45) is 5.92 Å². The summed E-state index contributed by atoms with van der Waals surface area (Å²) in [6, 6.07) is 4.04. The molecule has 116 valence electrons. The molecule has 1 saturated carbocycles. The van der Waals surface area contributed by atoms with Crippen LogP contribution in [0.4, 0.5) is 5.69 Å². The highest BCUT2D eigenvalue weighted by atomic mass is 32.2. The first-order valence-corrected chi connectivity index (χ1v) is 8.99. The molecule has 7 heteroatoms. The zero-order valence-corrected chi connectivity index (χ0v) is 12.8. The van der Waals surface area contributed by atoms with Gasteiger partial charge in [0.2, 0.25) is 0 Å². The Balaban J connectivity index is 1.50. The fourth-order valence-corrected chi connectivity index (χ4v) is 3.86. The van der Waals surface area contributed by atoms with E-state index in [1.165, 1.54) is 12.8 Å². The lowest BCUT2D eigenvalue weighted by Crippen LogP contribution is -2.43. The average Bonchev–Trinajstić information content (AvgIpc) is 3.30. The highest BCUT2D eigenvalue weighted by Gasteiger charge is 2.29. The van der Waals surface area contributed by atoms with Crippen molar-refractivity contribution in [1.29, 1.82) is 0 Å². The van der Waals surface area contributed by atoms with Crippen LogP contribution in [-0.4, -0.2) is 43.4 Å². The van der Waals surface area contributed by atoms with Gasteiger partial charge in [-0.25, -0.2) is 0 Å². The van der Waals surface area contributed by atoms with E-state index < -0.39 is 10.2 Å². The highest BCUT2D eigenvalue weighted by molar-refractivity contribution is 7.90. The van der Waals surface area contributed by atoms with Crippen LogP contribution in [-0.2, 0) is 10.2 Å². The number of piperidine rings is 1. The van der Waals surface area contributed by atoms with E-state index >= 15 is 0 Å². The lowest BCUT2D eigenvalue weighted by atomic mass is 9.98. The summed E-state index contributed by atoms with van der Waals surface area (Å²) >= 11 is 0. The molecule has 2 aliphatic rings. The molecule has 1 aliphatic carbocycles. The zero-order chi connectivity index (χ0) is 14.7. The van der Waals surface area contributed by atoms with Crippen LogP contribution in [0.5, 0.6) is 0 Å². The third-order valence-electron chi connectivity index (χ3n) is 4.11. The molecular formula is C14H22N4O2S. The normalized spacial score (nSPS) is 21.3. The second-order valence-electron chi connectivity index (χ2n) is 5.87. The number of aromatic nitrogens is 1. The van der Waals surface area contributed by atoms with Gasteiger partial charge in [0.15, 0.2) is 0 Å². The van der Waals surface area contributed by atoms with Crippen LogP contribution in [0.3, 0.4) is 0 Å². The van der Waals surface area contributed by atoms with Gasteiger partial charge in [-0.2, -0.15) is 12.7 Å². The summed E-state index contributed by atoms with van der Waals surface area (Å²) in [5.41, 5.74) is 0.558. The molecule has 1 aromatic heterocycles. The molecular weight excluding hydrogens is 288 g/mol. The van der Waals surface area contributed by atoms with Gasteiger partial charge >= 0.3 is 10.2 Å². The van der Waals surface area contributed by atoms with Gasteiger partial charge in [0.25, 0.3) is 0 Å². The zero-order valence-electron chi connectivity index (χ0n) is 12.0. The van der Waals surface area contributed by atoms with Gasteiger partial charge in [-0.15, -0.1) is 0 Å². The van der Waals surface area contributed by atoms with Gasteiger partial charge in [-0.1, -0.05) is 0 Å². The Hall–Kier alpha value is -1.18. The van der Waals surface area contributed by atoms with E-state index in [2.05, 4.69) is 15.0 Å². The number of nitrogens with zero attached hydrogens (tertiary/aromatic N) is 2. The molecule has 21 heavy (non-hydrogen) atoms. The van der Waals surface area contributed by atoms with Crippen LogP contribution in [0, 0.1) is 5.92 Å². The summed E-state index contributed by atoms with van der Waals surface area (Å²) < 4.78 is 28.8. The second-order valence-corrected chi connectivity index (χ2v) is 7.54. The molecule has 0 radical (unpaired) electrons. The highest BCUT2D eigenvalue weighted by Crippen LogP contribution is 2.23. The van der Waals surface area contributed by atoms with Crippen molar-refractivity contribution in [2.75, 3.05) is 24.4 Å². The quantitative estimate of drug-likeness (QED) is 0.828. The van der Waals surface area contributed by atoms with Crippen molar-refractivity contribution in [3.63, 3.8) is 0 Å². The van der Waals surface area contributed by atoms with Crippen molar-refractivity contribution in [1.82, 2.24) is 14.6 Å². The molecule has 3 rings (SSSR count). The molecule has 6 nitrogen and oxygen atoms in total. The molecule has 1 aromatic rings. The second kappa shape index (κ2) is 6.29. The maximum absolute atomic E-state index is 12.3. The summed E-state index contributed by atoms with van der Waals surface area (Å²) in [6.07, 6.45) is 7.60. The van der Waals surface area contributed by atoms with E-state index in [0.29, 0.717) is 24.7 Å². The van der Waals surface area contributed by atoms with E-state index in [-0.39, 0.29) is 0 Å². The molecule has 2 heterocycles. The molecule has 2 N–H and O–H groups in total. The third-order valence-corrected chi connectivity index (χ3v) is 5.65.